The maximum Gasteiger partial charge on any atom is 0.310 e. The predicted octanol–water partition coefficient (Wildman–Crippen LogP) is 3.96. The molecule has 1 rings (SSSR count). The second kappa shape index (κ2) is 8.03. The van der Waals surface area contributed by atoms with Crippen LogP contribution in [0, 0.1) is 5.41 Å². The van der Waals surface area contributed by atoms with E-state index in [0.717, 1.165) is 0 Å². The topological polar surface area (TPSA) is 75.6 Å². The number of ether oxygens (including phenoxy) is 1. The van der Waals surface area contributed by atoms with Crippen LogP contribution in [0.5, 0.6) is 5.75 Å². The van der Waals surface area contributed by atoms with Crippen LogP contribution in [0.25, 0.3) is 0 Å². The van der Waals surface area contributed by atoms with Gasteiger partial charge in [-0.05, 0) is 31.9 Å². The first kappa shape index (κ1) is 18.3. The lowest BCUT2D eigenvalue weighted by Crippen LogP contribution is -2.34. The minimum atomic E-state index is -1.04. The van der Waals surface area contributed by atoms with Crippen molar-refractivity contribution >= 4 is 29.2 Å². The first-order valence-electron chi connectivity index (χ1n) is 7.34. The highest BCUT2D eigenvalue weighted by Crippen LogP contribution is 2.33. The van der Waals surface area contributed by atoms with Gasteiger partial charge in [-0.3, -0.25) is 9.59 Å². The summed E-state index contributed by atoms with van der Waals surface area (Å²) >= 11 is 5.91. The van der Waals surface area contributed by atoms with E-state index in [4.69, 9.17) is 16.3 Å². The molecular weight excluding hydrogens is 306 g/mol. The number of carboxylic acid groups (broad SMARTS) is 1. The van der Waals surface area contributed by atoms with Gasteiger partial charge in [-0.2, -0.15) is 0 Å². The Morgan fingerprint density at radius 3 is 2.41 bits per heavy atom. The monoisotopic (exact) mass is 327 g/mol. The van der Waals surface area contributed by atoms with Crippen LogP contribution in [-0.4, -0.2) is 23.6 Å². The van der Waals surface area contributed by atoms with Gasteiger partial charge in [0, 0.05) is 17.5 Å². The van der Waals surface area contributed by atoms with Gasteiger partial charge in [0.1, 0.15) is 5.75 Å². The highest BCUT2D eigenvalue weighted by Gasteiger charge is 2.37. The third-order valence-corrected chi connectivity index (χ3v) is 4.06. The largest absolute Gasteiger partial charge is 0.492 e. The summed E-state index contributed by atoms with van der Waals surface area (Å²) < 4.78 is 5.43. The quantitative estimate of drug-likeness (QED) is 0.757. The van der Waals surface area contributed by atoms with Crippen molar-refractivity contribution in [2.24, 2.45) is 5.41 Å². The minimum absolute atomic E-state index is 0.0798. The first-order valence-corrected chi connectivity index (χ1v) is 7.72. The summed E-state index contributed by atoms with van der Waals surface area (Å²) in [6, 6.07) is 4.90. The van der Waals surface area contributed by atoms with E-state index in [0.29, 0.717) is 35.9 Å². The van der Waals surface area contributed by atoms with E-state index in [1.807, 2.05) is 6.92 Å². The molecule has 1 aromatic carbocycles. The molecule has 0 heterocycles. The molecule has 122 valence electrons. The van der Waals surface area contributed by atoms with Gasteiger partial charge in [0.25, 0.3) is 0 Å². The average Bonchev–Trinajstić information content (AvgIpc) is 2.47. The van der Waals surface area contributed by atoms with E-state index >= 15 is 0 Å². The van der Waals surface area contributed by atoms with Crippen molar-refractivity contribution < 1.29 is 19.4 Å². The Morgan fingerprint density at radius 1 is 1.27 bits per heavy atom. The summed E-state index contributed by atoms with van der Waals surface area (Å²) in [5.74, 6) is -0.833. The lowest BCUT2D eigenvalue weighted by molar-refractivity contribution is -0.151. The van der Waals surface area contributed by atoms with Gasteiger partial charge >= 0.3 is 5.97 Å². The molecule has 0 aliphatic rings. The third-order valence-electron chi connectivity index (χ3n) is 3.82. The van der Waals surface area contributed by atoms with Crippen molar-refractivity contribution in [2.45, 2.75) is 40.0 Å². The van der Waals surface area contributed by atoms with Crippen molar-refractivity contribution in [1.29, 1.82) is 0 Å². The minimum Gasteiger partial charge on any atom is -0.492 e. The van der Waals surface area contributed by atoms with Crippen LogP contribution < -0.4 is 10.1 Å². The van der Waals surface area contributed by atoms with Crippen LogP contribution in [0.1, 0.15) is 40.0 Å². The maximum absolute atomic E-state index is 12.2. The maximum atomic E-state index is 12.2. The summed E-state index contributed by atoms with van der Waals surface area (Å²) in [6.45, 7) is 5.82. The Balaban J connectivity index is 2.91. The SMILES string of the molecule is CCOc1cc(Cl)ccc1NC(=O)CC(CC)(CC)C(=O)O. The van der Waals surface area contributed by atoms with E-state index in [2.05, 4.69) is 5.32 Å². The number of nitrogens with one attached hydrogen (secondary N) is 1. The Bertz CT molecular complexity index is 541. The van der Waals surface area contributed by atoms with Crippen LogP contribution in [0.15, 0.2) is 18.2 Å². The van der Waals surface area contributed by atoms with Crippen molar-refractivity contribution in [2.75, 3.05) is 11.9 Å². The number of halogens is 1. The molecule has 0 aliphatic carbocycles. The fourth-order valence-corrected chi connectivity index (χ4v) is 2.42. The fourth-order valence-electron chi connectivity index (χ4n) is 2.25. The van der Waals surface area contributed by atoms with E-state index in [1.54, 1.807) is 32.0 Å². The number of anilines is 1. The molecule has 2 N–H and O–H groups in total. The van der Waals surface area contributed by atoms with Gasteiger partial charge in [-0.25, -0.2) is 0 Å². The van der Waals surface area contributed by atoms with Gasteiger partial charge < -0.3 is 15.2 Å². The fraction of sp³-hybridized carbons (Fsp3) is 0.500. The number of amides is 1. The molecule has 0 aromatic heterocycles. The zero-order valence-corrected chi connectivity index (χ0v) is 13.9. The zero-order valence-electron chi connectivity index (χ0n) is 13.1. The molecule has 0 spiro atoms. The third kappa shape index (κ3) is 4.37. The molecule has 6 heteroatoms. The molecule has 0 saturated heterocycles. The number of hydrogen-bond acceptors (Lipinski definition) is 3. The van der Waals surface area contributed by atoms with Crippen LogP contribution >= 0.6 is 11.6 Å². The highest BCUT2D eigenvalue weighted by molar-refractivity contribution is 6.30. The van der Waals surface area contributed by atoms with Gasteiger partial charge in [-0.15, -0.1) is 0 Å². The van der Waals surface area contributed by atoms with E-state index in [-0.39, 0.29) is 12.3 Å². The molecule has 0 bridgehead atoms. The first-order chi connectivity index (χ1) is 10.4. The number of carbonyl (C=O) groups is 2. The van der Waals surface area contributed by atoms with E-state index in [9.17, 15) is 14.7 Å². The smallest absolute Gasteiger partial charge is 0.310 e. The molecule has 1 amide bonds. The van der Waals surface area contributed by atoms with Gasteiger partial charge in [0.15, 0.2) is 0 Å². The molecule has 0 fully saturated rings. The van der Waals surface area contributed by atoms with Gasteiger partial charge in [-0.1, -0.05) is 25.4 Å². The molecule has 0 aliphatic heterocycles. The summed E-state index contributed by atoms with van der Waals surface area (Å²) in [5.41, 5.74) is -0.551. The molecule has 5 nitrogen and oxygen atoms in total. The van der Waals surface area contributed by atoms with E-state index < -0.39 is 11.4 Å². The molecule has 1 aromatic rings. The summed E-state index contributed by atoms with van der Waals surface area (Å²) in [7, 11) is 0. The lowest BCUT2D eigenvalue weighted by Gasteiger charge is -2.26. The Hall–Kier alpha value is -1.75. The van der Waals surface area contributed by atoms with Crippen molar-refractivity contribution in [1.82, 2.24) is 0 Å². The second-order valence-corrected chi connectivity index (χ2v) is 5.53. The van der Waals surface area contributed by atoms with Gasteiger partial charge in [0.2, 0.25) is 5.91 Å². The van der Waals surface area contributed by atoms with Crippen LogP contribution in [0.4, 0.5) is 5.69 Å². The summed E-state index contributed by atoms with van der Waals surface area (Å²) in [5, 5.41) is 12.6. The van der Waals surface area contributed by atoms with Crippen molar-refractivity contribution in [3.8, 4) is 5.75 Å². The molecule has 0 radical (unpaired) electrons. The number of carbonyl (C=O) groups excluding carboxylic acids is 1. The molecule has 22 heavy (non-hydrogen) atoms. The average molecular weight is 328 g/mol. The zero-order chi connectivity index (χ0) is 16.8. The summed E-state index contributed by atoms with van der Waals surface area (Å²) in [4.78, 5) is 23.7. The molecule has 0 saturated carbocycles. The molecular formula is C16H22ClNO4. The van der Waals surface area contributed by atoms with Crippen molar-refractivity contribution in [3.05, 3.63) is 23.2 Å². The second-order valence-electron chi connectivity index (χ2n) is 5.09. The number of aliphatic carboxylic acids is 1. The number of benzene rings is 1. The van der Waals surface area contributed by atoms with Crippen LogP contribution in [-0.2, 0) is 9.59 Å². The lowest BCUT2D eigenvalue weighted by atomic mass is 9.79. The number of hydrogen-bond donors (Lipinski definition) is 2. The summed E-state index contributed by atoms with van der Waals surface area (Å²) in [6.07, 6.45) is 0.708. The van der Waals surface area contributed by atoms with Crippen LogP contribution in [0.3, 0.4) is 0 Å². The molecule has 0 unspecified atom stereocenters. The van der Waals surface area contributed by atoms with E-state index in [1.165, 1.54) is 0 Å². The van der Waals surface area contributed by atoms with Gasteiger partial charge in [0.05, 0.1) is 17.7 Å². The van der Waals surface area contributed by atoms with Crippen LogP contribution in [0.2, 0.25) is 5.02 Å². The highest BCUT2D eigenvalue weighted by atomic mass is 35.5. The normalized spacial score (nSPS) is 11.1. The predicted molar refractivity (Wildman–Crippen MR) is 86.5 cm³/mol. The molecule has 0 atom stereocenters. The van der Waals surface area contributed by atoms with Crippen molar-refractivity contribution in [3.63, 3.8) is 0 Å². The number of carboxylic acids is 1. The Morgan fingerprint density at radius 2 is 1.91 bits per heavy atom. The standard InChI is InChI=1S/C16H22ClNO4/c1-4-16(5-2,15(20)21)10-14(19)18-12-8-7-11(17)9-13(12)22-6-3/h7-9H,4-6,10H2,1-3H3,(H,18,19)(H,20,21). The number of rotatable bonds is 8. The Labute approximate surface area is 135 Å². The Kier molecular flexibility index (Phi) is 6.68.